The van der Waals surface area contributed by atoms with Crippen LogP contribution >= 0.6 is 0 Å². The summed E-state index contributed by atoms with van der Waals surface area (Å²) in [5, 5.41) is 0. The van der Waals surface area contributed by atoms with Crippen molar-refractivity contribution in [3.63, 3.8) is 0 Å². The van der Waals surface area contributed by atoms with Gasteiger partial charge in [0.15, 0.2) is 0 Å². The van der Waals surface area contributed by atoms with E-state index in [0.717, 1.165) is 76.0 Å². The van der Waals surface area contributed by atoms with E-state index in [4.69, 9.17) is 4.42 Å². The standard InChI is InChI=1S/C26H32N2O3/c29-22-11-7-3-1-2-6-10-19-15-20-21-13-14-27(22)17-26(21)16-18-9-5-4-8-12-23(30)28(18)25(26)24(20)31-19/h1-2,5,9,15,18,21,25H,3-4,6-8,10-14,16-17H2/b2-1+,9-5-/t18-,21-,25-,26-/m0/s1. The number of nitrogens with zero attached hydrogens (tertiary/aromatic N) is 2. The van der Waals surface area contributed by atoms with Gasteiger partial charge in [0.05, 0.1) is 12.1 Å². The van der Waals surface area contributed by atoms with Gasteiger partial charge in [-0.3, -0.25) is 9.59 Å². The fourth-order valence-electron chi connectivity index (χ4n) is 7.05. The zero-order chi connectivity index (χ0) is 21.0. The summed E-state index contributed by atoms with van der Waals surface area (Å²) in [5.74, 6) is 2.99. The third-order valence-electron chi connectivity index (χ3n) is 8.35. The highest BCUT2D eigenvalue weighted by molar-refractivity contribution is 5.79. The number of carbonyl (C=O) groups excluding carboxylic acids is 2. The number of aryl methyl sites for hydroxylation is 1. The first-order valence-electron chi connectivity index (χ1n) is 12.2. The second kappa shape index (κ2) is 7.39. The van der Waals surface area contributed by atoms with Crippen LogP contribution in [-0.4, -0.2) is 40.7 Å². The van der Waals surface area contributed by atoms with Gasteiger partial charge in [-0.25, -0.2) is 0 Å². The maximum absolute atomic E-state index is 13.3. The van der Waals surface area contributed by atoms with Crippen LogP contribution in [0.5, 0.6) is 0 Å². The smallest absolute Gasteiger partial charge is 0.223 e. The molecule has 0 radical (unpaired) electrons. The summed E-state index contributed by atoms with van der Waals surface area (Å²) < 4.78 is 6.53. The lowest BCUT2D eigenvalue weighted by Crippen LogP contribution is -2.50. The van der Waals surface area contributed by atoms with Crippen molar-refractivity contribution in [3.05, 3.63) is 47.5 Å². The molecule has 1 aliphatic carbocycles. The first-order chi connectivity index (χ1) is 15.2. The average Bonchev–Trinajstić information content (AvgIpc) is 3.35. The molecule has 6 aliphatic rings. The monoisotopic (exact) mass is 420 g/mol. The molecular formula is C26H32N2O3. The predicted octanol–water partition coefficient (Wildman–Crippen LogP) is 4.65. The van der Waals surface area contributed by atoms with Gasteiger partial charge >= 0.3 is 0 Å². The van der Waals surface area contributed by atoms with E-state index >= 15 is 0 Å². The molecule has 6 heterocycles. The third kappa shape index (κ3) is 2.95. The molecule has 5 aliphatic heterocycles. The van der Waals surface area contributed by atoms with Crippen molar-refractivity contribution in [3.8, 4) is 0 Å². The van der Waals surface area contributed by atoms with Gasteiger partial charge in [-0.2, -0.15) is 0 Å². The summed E-state index contributed by atoms with van der Waals surface area (Å²) >= 11 is 0. The summed E-state index contributed by atoms with van der Waals surface area (Å²) in [6, 6.07) is 2.38. The highest BCUT2D eigenvalue weighted by atomic mass is 16.3. The first-order valence-corrected chi connectivity index (χ1v) is 12.2. The number of allylic oxidation sites excluding steroid dienone is 3. The SMILES string of the molecule is O=C1CCC/C=C/CCc2cc3c(o2)[C@@H]2N4C(=O)CCC/C=C\[C@H]4C[C@@]24CN1CC[C@@H]34. The van der Waals surface area contributed by atoms with Crippen LogP contribution in [0.4, 0.5) is 0 Å². The molecule has 2 amide bonds. The molecule has 0 N–H and O–H groups in total. The topological polar surface area (TPSA) is 53.8 Å². The van der Waals surface area contributed by atoms with E-state index in [-0.39, 0.29) is 29.3 Å². The molecule has 5 nitrogen and oxygen atoms in total. The average molecular weight is 421 g/mol. The Bertz CT molecular complexity index is 960. The van der Waals surface area contributed by atoms with Gasteiger partial charge in [0, 0.05) is 37.8 Å². The molecule has 0 aromatic carbocycles. The maximum Gasteiger partial charge on any atom is 0.223 e. The Morgan fingerprint density at radius 3 is 2.68 bits per heavy atom. The zero-order valence-electron chi connectivity index (χ0n) is 18.2. The van der Waals surface area contributed by atoms with Crippen LogP contribution in [0.1, 0.15) is 86.8 Å². The van der Waals surface area contributed by atoms with Crippen LogP contribution in [0.25, 0.3) is 0 Å². The Hall–Kier alpha value is -2.30. The quantitative estimate of drug-likeness (QED) is 0.574. The highest BCUT2D eigenvalue weighted by Crippen LogP contribution is 2.67. The van der Waals surface area contributed by atoms with E-state index in [2.05, 4.69) is 40.2 Å². The summed E-state index contributed by atoms with van der Waals surface area (Å²) in [6.07, 6.45) is 17.7. The molecule has 1 spiro atoms. The predicted molar refractivity (Wildman–Crippen MR) is 117 cm³/mol. The van der Waals surface area contributed by atoms with Crippen molar-refractivity contribution in [2.24, 2.45) is 5.41 Å². The van der Waals surface area contributed by atoms with Gasteiger partial charge in [0.2, 0.25) is 11.8 Å². The summed E-state index contributed by atoms with van der Waals surface area (Å²) in [7, 11) is 0. The number of piperidine rings is 1. The Balaban J connectivity index is 1.47. The number of carbonyl (C=O) groups is 2. The number of hydrogen-bond acceptors (Lipinski definition) is 3. The Morgan fingerprint density at radius 1 is 0.968 bits per heavy atom. The summed E-state index contributed by atoms with van der Waals surface area (Å²) in [4.78, 5) is 30.7. The number of fused-ring (bicyclic) bond motifs is 8. The minimum Gasteiger partial charge on any atom is -0.464 e. The van der Waals surface area contributed by atoms with Gasteiger partial charge in [-0.05, 0) is 62.5 Å². The summed E-state index contributed by atoms with van der Waals surface area (Å²) in [5.41, 5.74) is 1.22. The van der Waals surface area contributed by atoms with Gasteiger partial charge in [-0.1, -0.05) is 24.3 Å². The minimum absolute atomic E-state index is 0.0298. The molecule has 0 saturated carbocycles. The number of hydrogen-bond donors (Lipinski definition) is 0. The Labute approximate surface area is 184 Å². The fraction of sp³-hybridized carbons (Fsp3) is 0.615. The second-order valence-electron chi connectivity index (χ2n) is 10.1. The molecule has 164 valence electrons. The van der Waals surface area contributed by atoms with Crippen molar-refractivity contribution in [1.82, 2.24) is 9.80 Å². The van der Waals surface area contributed by atoms with Gasteiger partial charge in [0.25, 0.3) is 0 Å². The van der Waals surface area contributed by atoms with Crippen LogP contribution in [-0.2, 0) is 16.0 Å². The first kappa shape index (κ1) is 19.4. The van der Waals surface area contributed by atoms with Crippen LogP contribution in [0.3, 0.4) is 0 Å². The zero-order valence-corrected chi connectivity index (χ0v) is 18.2. The van der Waals surface area contributed by atoms with Crippen LogP contribution in [0.15, 0.2) is 34.8 Å². The van der Waals surface area contributed by atoms with E-state index in [1.165, 1.54) is 5.56 Å². The lowest BCUT2D eigenvalue weighted by Gasteiger charge is -2.45. The van der Waals surface area contributed by atoms with Gasteiger partial charge in [0.1, 0.15) is 11.5 Å². The fourth-order valence-corrected chi connectivity index (χ4v) is 7.05. The van der Waals surface area contributed by atoms with Crippen molar-refractivity contribution in [2.75, 3.05) is 13.1 Å². The van der Waals surface area contributed by atoms with E-state index in [1.54, 1.807) is 0 Å². The van der Waals surface area contributed by atoms with Crippen molar-refractivity contribution in [1.29, 1.82) is 0 Å². The largest absolute Gasteiger partial charge is 0.464 e. The van der Waals surface area contributed by atoms with E-state index in [9.17, 15) is 9.59 Å². The van der Waals surface area contributed by atoms with Crippen molar-refractivity contribution < 1.29 is 14.0 Å². The van der Waals surface area contributed by atoms with Gasteiger partial charge in [-0.15, -0.1) is 0 Å². The molecule has 31 heavy (non-hydrogen) atoms. The molecule has 2 saturated heterocycles. The molecule has 1 aromatic rings. The van der Waals surface area contributed by atoms with Crippen LogP contribution in [0, 0.1) is 5.41 Å². The van der Waals surface area contributed by atoms with Crippen molar-refractivity contribution in [2.45, 2.75) is 82.2 Å². The lowest BCUT2D eigenvalue weighted by atomic mass is 9.68. The normalized spacial score (nSPS) is 37.1. The summed E-state index contributed by atoms with van der Waals surface area (Å²) in [6.45, 7) is 1.58. The molecule has 1 aromatic heterocycles. The lowest BCUT2D eigenvalue weighted by molar-refractivity contribution is -0.138. The highest BCUT2D eigenvalue weighted by Gasteiger charge is 2.65. The van der Waals surface area contributed by atoms with Crippen molar-refractivity contribution >= 4 is 11.8 Å². The number of rotatable bonds is 0. The second-order valence-corrected chi connectivity index (χ2v) is 10.1. The molecule has 4 atom stereocenters. The van der Waals surface area contributed by atoms with E-state index in [0.29, 0.717) is 18.8 Å². The Kier molecular flexibility index (Phi) is 4.62. The molecule has 0 unspecified atom stereocenters. The number of furan rings is 1. The molecular weight excluding hydrogens is 388 g/mol. The molecule has 7 rings (SSSR count). The van der Waals surface area contributed by atoms with Crippen LogP contribution < -0.4 is 0 Å². The Morgan fingerprint density at radius 2 is 1.77 bits per heavy atom. The van der Waals surface area contributed by atoms with E-state index in [1.807, 2.05) is 0 Å². The molecule has 6 bridgehead atoms. The molecule has 5 heteroatoms. The maximum atomic E-state index is 13.3. The van der Waals surface area contributed by atoms with E-state index < -0.39 is 0 Å². The number of amides is 2. The van der Waals surface area contributed by atoms with Crippen LogP contribution in [0.2, 0.25) is 0 Å². The minimum atomic E-state index is -0.103. The molecule has 2 fully saturated rings. The van der Waals surface area contributed by atoms with Gasteiger partial charge < -0.3 is 14.2 Å². The third-order valence-corrected chi connectivity index (χ3v) is 8.35.